The molecular weight excluding hydrogens is 560 g/mol. The minimum Gasteiger partial charge on any atom is -0.507 e. The van der Waals surface area contributed by atoms with Crippen molar-refractivity contribution in [2.45, 2.75) is 31.3 Å². The summed E-state index contributed by atoms with van der Waals surface area (Å²) in [4.78, 5) is 40.5. The molecule has 0 fully saturated rings. The number of halogens is 1. The van der Waals surface area contributed by atoms with Crippen LogP contribution in [0.2, 0.25) is 5.02 Å². The van der Waals surface area contributed by atoms with Gasteiger partial charge in [-0.1, -0.05) is 18.5 Å². The summed E-state index contributed by atoms with van der Waals surface area (Å²) in [6.45, 7) is 1.61. The first-order chi connectivity index (χ1) is 19.5. The van der Waals surface area contributed by atoms with Crippen LogP contribution < -0.4 is 28.4 Å². The highest BCUT2D eigenvalue weighted by molar-refractivity contribution is 6.35. The third-order valence-corrected chi connectivity index (χ3v) is 7.93. The van der Waals surface area contributed by atoms with Gasteiger partial charge in [0.2, 0.25) is 11.4 Å². The molecule has 2 aromatic rings. The lowest BCUT2D eigenvalue weighted by molar-refractivity contribution is -0.140. The van der Waals surface area contributed by atoms with Gasteiger partial charge in [-0.25, -0.2) is 0 Å². The fourth-order valence-electron chi connectivity index (χ4n) is 5.48. The van der Waals surface area contributed by atoms with Gasteiger partial charge < -0.3 is 38.3 Å². The van der Waals surface area contributed by atoms with E-state index >= 15 is 0 Å². The van der Waals surface area contributed by atoms with Crippen LogP contribution in [0.1, 0.15) is 41.6 Å². The molecule has 0 saturated carbocycles. The predicted molar refractivity (Wildman–Crippen MR) is 146 cm³/mol. The van der Waals surface area contributed by atoms with Crippen LogP contribution in [0.5, 0.6) is 34.5 Å². The van der Waals surface area contributed by atoms with Crippen LogP contribution in [0.25, 0.3) is 0 Å². The molecule has 3 atom stereocenters. The van der Waals surface area contributed by atoms with E-state index in [1.807, 2.05) is 0 Å². The van der Waals surface area contributed by atoms with Gasteiger partial charge in [-0.2, -0.15) is 0 Å². The number of ether oxygens (including phenoxy) is 7. The molecule has 0 amide bonds. The van der Waals surface area contributed by atoms with Crippen LogP contribution in [0.4, 0.5) is 0 Å². The van der Waals surface area contributed by atoms with E-state index in [2.05, 4.69) is 0 Å². The summed E-state index contributed by atoms with van der Waals surface area (Å²) in [6.07, 6.45) is -0.569. The van der Waals surface area contributed by atoms with E-state index in [9.17, 15) is 19.5 Å². The van der Waals surface area contributed by atoms with Crippen molar-refractivity contribution in [3.8, 4) is 34.5 Å². The Morgan fingerprint density at radius 3 is 2.07 bits per heavy atom. The summed E-state index contributed by atoms with van der Waals surface area (Å²) in [6, 6.07) is 4.52. The van der Waals surface area contributed by atoms with Crippen molar-refractivity contribution in [3.05, 3.63) is 45.7 Å². The molecule has 2 aromatic carbocycles. The van der Waals surface area contributed by atoms with Crippen molar-refractivity contribution < 1.29 is 52.6 Å². The number of rotatable bonds is 9. The Balaban J connectivity index is 2.01. The van der Waals surface area contributed by atoms with Gasteiger partial charge in [-0.05, 0) is 6.07 Å². The third-order valence-electron chi connectivity index (χ3n) is 7.57. The number of hydrogen-bond donors (Lipinski definition) is 1. The summed E-state index contributed by atoms with van der Waals surface area (Å²) in [7, 11) is 8.24. The monoisotopic (exact) mass is 590 g/mol. The highest BCUT2D eigenvalue weighted by atomic mass is 35.5. The molecule has 0 bridgehead atoms. The van der Waals surface area contributed by atoms with Gasteiger partial charge in [0.05, 0.1) is 49.1 Å². The zero-order chi connectivity index (χ0) is 30.2. The number of benzene rings is 2. The van der Waals surface area contributed by atoms with E-state index in [0.717, 1.165) is 0 Å². The Labute approximate surface area is 241 Å². The smallest absolute Gasteiger partial charge is 0.306 e. The lowest BCUT2D eigenvalue weighted by Crippen LogP contribution is -2.53. The standard InChI is InChI=1S/C29H31ClO11/c1-13-8-16(31)23(15(10-22(32)40-7)14-9-18(36-3)19(37-4)11-17(14)35-2)27(33)29(13)28(34)24-20(38-5)12-21(39-6)25(30)26(24)41-29/h9,11-13,15,33H,8,10H2,1-7H3/t13-,15+,29+/m1/s1. The first kappa shape index (κ1) is 29.9. The largest absolute Gasteiger partial charge is 0.507 e. The van der Waals surface area contributed by atoms with Gasteiger partial charge in [-0.3, -0.25) is 14.4 Å². The first-order valence-corrected chi connectivity index (χ1v) is 12.9. The minimum atomic E-state index is -2.03. The Bertz CT molecular complexity index is 1450. The Kier molecular flexibility index (Phi) is 8.30. The van der Waals surface area contributed by atoms with Gasteiger partial charge in [0.1, 0.15) is 27.8 Å². The molecule has 220 valence electrons. The van der Waals surface area contributed by atoms with Crippen LogP contribution in [0, 0.1) is 5.92 Å². The number of fused-ring (bicyclic) bond motifs is 1. The maximum atomic E-state index is 14.2. The second kappa shape index (κ2) is 11.4. The van der Waals surface area contributed by atoms with Crippen molar-refractivity contribution in [2.24, 2.45) is 5.92 Å². The number of allylic oxidation sites excluding steroid dienone is 1. The molecule has 1 heterocycles. The molecule has 0 saturated heterocycles. The lowest BCUT2D eigenvalue weighted by Gasteiger charge is -2.38. The topological polar surface area (TPSA) is 136 Å². The number of carbonyl (C=O) groups is 3. The average Bonchev–Trinajstić information content (AvgIpc) is 3.29. The molecule has 4 rings (SSSR count). The molecular formula is C29H31ClO11. The second-order valence-corrected chi connectivity index (χ2v) is 9.92. The highest BCUT2D eigenvalue weighted by Gasteiger charge is 2.61. The molecule has 1 aliphatic carbocycles. The predicted octanol–water partition coefficient (Wildman–Crippen LogP) is 4.46. The zero-order valence-electron chi connectivity index (χ0n) is 23.7. The number of aliphatic hydroxyl groups excluding tert-OH is 1. The van der Waals surface area contributed by atoms with E-state index in [-0.39, 0.29) is 57.7 Å². The molecule has 41 heavy (non-hydrogen) atoms. The molecule has 0 unspecified atom stereocenters. The minimum absolute atomic E-state index is 0.000328. The van der Waals surface area contributed by atoms with Crippen LogP contribution in [-0.4, -0.2) is 70.9 Å². The number of aliphatic hydroxyl groups is 1. The van der Waals surface area contributed by atoms with Crippen molar-refractivity contribution in [3.63, 3.8) is 0 Å². The number of hydrogen-bond acceptors (Lipinski definition) is 11. The third kappa shape index (κ3) is 4.57. The van der Waals surface area contributed by atoms with Gasteiger partial charge in [0, 0.05) is 41.5 Å². The number of ketones is 2. The van der Waals surface area contributed by atoms with Crippen molar-refractivity contribution in [1.82, 2.24) is 0 Å². The van der Waals surface area contributed by atoms with E-state index in [1.54, 1.807) is 13.0 Å². The average molecular weight is 591 g/mol. The van der Waals surface area contributed by atoms with Crippen molar-refractivity contribution >= 4 is 29.1 Å². The molecule has 11 nitrogen and oxygen atoms in total. The Hall–Kier alpha value is -4.12. The second-order valence-electron chi connectivity index (χ2n) is 9.54. The van der Waals surface area contributed by atoms with Gasteiger partial charge in [0.15, 0.2) is 28.8 Å². The molecule has 12 heteroatoms. The van der Waals surface area contributed by atoms with Crippen LogP contribution in [0.3, 0.4) is 0 Å². The highest BCUT2D eigenvalue weighted by Crippen LogP contribution is 2.56. The van der Waals surface area contributed by atoms with Gasteiger partial charge >= 0.3 is 5.97 Å². The fourth-order valence-corrected chi connectivity index (χ4v) is 5.75. The summed E-state index contributed by atoms with van der Waals surface area (Å²) >= 11 is 6.53. The van der Waals surface area contributed by atoms with Crippen LogP contribution in [0.15, 0.2) is 29.5 Å². The number of methoxy groups -OCH3 is 6. The normalized spacial score (nSPS) is 20.3. The first-order valence-electron chi connectivity index (χ1n) is 12.6. The molecule has 0 aromatic heterocycles. The fraction of sp³-hybridized carbons (Fsp3) is 0.414. The van der Waals surface area contributed by atoms with E-state index in [1.165, 1.54) is 54.8 Å². The maximum absolute atomic E-state index is 14.2. The summed E-state index contributed by atoms with van der Waals surface area (Å²) in [5, 5.41) is 11.9. The zero-order valence-corrected chi connectivity index (χ0v) is 24.5. The maximum Gasteiger partial charge on any atom is 0.306 e. The van der Waals surface area contributed by atoms with Crippen molar-refractivity contribution in [2.75, 3.05) is 42.7 Å². The summed E-state index contributed by atoms with van der Waals surface area (Å²) < 4.78 is 38.3. The number of carbonyl (C=O) groups excluding carboxylic acids is 3. The molecule has 1 N–H and O–H groups in total. The lowest BCUT2D eigenvalue weighted by atomic mass is 9.69. The SMILES string of the molecule is COC(=O)C[C@H](C1=C(O)[C@@]2(Oc3c(Cl)c(OC)cc(OC)c3C2=O)[C@H](C)CC1=O)c1cc(OC)c(OC)cc1OC. The van der Waals surface area contributed by atoms with E-state index in [4.69, 9.17) is 44.8 Å². The van der Waals surface area contributed by atoms with Crippen molar-refractivity contribution in [1.29, 1.82) is 0 Å². The molecule has 1 spiro atoms. The van der Waals surface area contributed by atoms with Gasteiger partial charge in [-0.15, -0.1) is 0 Å². The molecule has 0 radical (unpaired) electrons. The quantitative estimate of drug-likeness (QED) is 0.414. The van der Waals surface area contributed by atoms with E-state index in [0.29, 0.717) is 11.3 Å². The number of esters is 1. The molecule has 1 aliphatic heterocycles. The summed E-state index contributed by atoms with van der Waals surface area (Å²) in [5.41, 5.74) is -1.93. The Morgan fingerprint density at radius 1 is 0.951 bits per heavy atom. The van der Waals surface area contributed by atoms with E-state index < -0.39 is 40.7 Å². The van der Waals surface area contributed by atoms with Gasteiger partial charge in [0.25, 0.3) is 0 Å². The Morgan fingerprint density at radius 2 is 1.51 bits per heavy atom. The summed E-state index contributed by atoms with van der Waals surface area (Å²) in [5.74, 6) is -3.29. The molecule has 2 aliphatic rings. The van der Waals surface area contributed by atoms with Crippen LogP contribution >= 0.6 is 11.6 Å². The number of Topliss-reactive ketones (excluding diaryl/α,β-unsaturated/α-hetero) is 2. The van der Waals surface area contributed by atoms with Crippen LogP contribution in [-0.2, 0) is 14.3 Å².